The molecule has 146 valence electrons. The molecule has 0 aliphatic rings. The molecule has 2 aromatic rings. The number of hydrogen-bond donors (Lipinski definition) is 2. The molecule has 10 heteroatoms. The summed E-state index contributed by atoms with van der Waals surface area (Å²) < 4.78 is 44.7. The monoisotopic (exact) mass is 385 g/mol. The third kappa shape index (κ3) is 4.45. The molecule has 0 fully saturated rings. The van der Waals surface area contributed by atoms with Crippen LogP contribution in [0.3, 0.4) is 0 Å². The Morgan fingerprint density at radius 3 is 2.56 bits per heavy atom. The Bertz CT molecular complexity index is 862. The molecular weight excluding hydrogens is 367 g/mol. The molecule has 7 nitrogen and oxygen atoms in total. The number of rotatable bonds is 6. The number of hydrogen-bond acceptors (Lipinski definition) is 4. The van der Waals surface area contributed by atoms with Crippen molar-refractivity contribution in [1.29, 1.82) is 0 Å². The Morgan fingerprint density at radius 2 is 2.00 bits per heavy atom. The summed E-state index contributed by atoms with van der Waals surface area (Å²) in [5, 5.41) is 16.0. The average molecular weight is 385 g/mol. The first-order valence-corrected chi connectivity index (χ1v) is 7.81. The predicted octanol–water partition coefficient (Wildman–Crippen LogP) is 2.40. The number of carbonyl (C=O) groups excluding carboxylic acids is 1. The van der Waals surface area contributed by atoms with E-state index < -0.39 is 29.7 Å². The van der Waals surface area contributed by atoms with Crippen molar-refractivity contribution >= 4 is 11.9 Å². The second-order valence-corrected chi connectivity index (χ2v) is 5.82. The van der Waals surface area contributed by atoms with Crippen molar-refractivity contribution in [1.82, 2.24) is 15.1 Å². The molecular formula is C17H18F3N3O4. The Balaban J connectivity index is 2.49. The van der Waals surface area contributed by atoms with E-state index in [4.69, 9.17) is 0 Å². The van der Waals surface area contributed by atoms with E-state index in [0.717, 1.165) is 12.1 Å². The number of carbonyl (C=O) groups is 2. The molecule has 1 aromatic carbocycles. The molecule has 2 rings (SSSR count). The number of aliphatic carboxylic acids is 1. The average Bonchev–Trinajstić information content (AvgIpc) is 2.87. The highest BCUT2D eigenvalue weighted by Gasteiger charge is 2.32. The van der Waals surface area contributed by atoms with Crippen LogP contribution in [-0.2, 0) is 20.5 Å². The molecule has 0 spiro atoms. The Hall–Kier alpha value is -2.88. The molecule has 0 saturated heterocycles. The number of aromatic nitrogens is 2. The minimum atomic E-state index is -4.52. The van der Waals surface area contributed by atoms with Crippen LogP contribution in [0.25, 0.3) is 5.69 Å². The highest BCUT2D eigenvalue weighted by molar-refractivity contribution is 5.85. The number of carboxylic acid groups (broad SMARTS) is 1. The molecule has 1 aromatic heterocycles. The first-order valence-electron chi connectivity index (χ1n) is 7.81. The van der Waals surface area contributed by atoms with Crippen LogP contribution < -0.4 is 5.32 Å². The van der Waals surface area contributed by atoms with Gasteiger partial charge < -0.3 is 15.2 Å². The van der Waals surface area contributed by atoms with Gasteiger partial charge in [0.05, 0.1) is 16.9 Å². The molecule has 1 unspecified atom stereocenters. The third-order valence-corrected chi connectivity index (χ3v) is 3.88. The lowest BCUT2D eigenvalue weighted by atomic mass is 10.0. The lowest BCUT2D eigenvalue weighted by Gasteiger charge is -2.15. The standard InChI is InChI=1S/C17H18F3N3O4/c1-9-14(15(16(25)26)21-13(24)8-27-3)10(2)23(22-9)12-6-4-5-11(7-12)17(18,19)20/h4-7,15H,8H2,1-3H3,(H,21,24)(H,25,26). The largest absolute Gasteiger partial charge is 0.479 e. The van der Waals surface area contributed by atoms with E-state index in [0.29, 0.717) is 5.69 Å². The Labute approximate surface area is 152 Å². The fourth-order valence-corrected chi connectivity index (χ4v) is 2.73. The van der Waals surface area contributed by atoms with Gasteiger partial charge in [-0.15, -0.1) is 0 Å². The molecule has 0 aliphatic carbocycles. The smallest absolute Gasteiger partial charge is 0.416 e. The van der Waals surface area contributed by atoms with Crippen molar-refractivity contribution < 1.29 is 32.6 Å². The van der Waals surface area contributed by atoms with E-state index in [-0.39, 0.29) is 23.6 Å². The maximum absolute atomic E-state index is 13.0. The summed E-state index contributed by atoms with van der Waals surface area (Å²) in [6.07, 6.45) is -4.52. The van der Waals surface area contributed by atoms with E-state index in [1.807, 2.05) is 0 Å². The van der Waals surface area contributed by atoms with Crippen molar-refractivity contribution in [3.05, 3.63) is 46.8 Å². The number of carboxylic acids is 1. The normalized spacial score (nSPS) is 12.7. The molecule has 0 bridgehead atoms. The summed E-state index contributed by atoms with van der Waals surface area (Å²) in [6.45, 7) is 2.71. The van der Waals surface area contributed by atoms with Gasteiger partial charge in [-0.3, -0.25) is 4.79 Å². The number of benzene rings is 1. The van der Waals surface area contributed by atoms with Gasteiger partial charge in [0.2, 0.25) is 5.91 Å². The van der Waals surface area contributed by atoms with Crippen LogP contribution in [-0.4, -0.2) is 40.5 Å². The molecule has 2 N–H and O–H groups in total. The summed E-state index contributed by atoms with van der Waals surface area (Å²) in [5.41, 5.74) is 0.0534. The Kier molecular flexibility index (Phi) is 5.89. The summed E-state index contributed by atoms with van der Waals surface area (Å²) in [6, 6.07) is 3.11. The lowest BCUT2D eigenvalue weighted by molar-refractivity contribution is -0.142. The van der Waals surface area contributed by atoms with Gasteiger partial charge in [0, 0.05) is 18.4 Å². The molecule has 1 heterocycles. The van der Waals surface area contributed by atoms with Gasteiger partial charge in [0.25, 0.3) is 0 Å². The number of ether oxygens (including phenoxy) is 1. The molecule has 1 amide bonds. The van der Waals surface area contributed by atoms with Crippen molar-refractivity contribution in [3.63, 3.8) is 0 Å². The summed E-state index contributed by atoms with van der Waals surface area (Å²) in [5.74, 6) is -1.97. The Morgan fingerprint density at radius 1 is 1.33 bits per heavy atom. The van der Waals surface area contributed by atoms with E-state index in [2.05, 4.69) is 15.2 Å². The topological polar surface area (TPSA) is 93.4 Å². The molecule has 27 heavy (non-hydrogen) atoms. The van der Waals surface area contributed by atoms with Crippen molar-refractivity contribution in [2.24, 2.45) is 0 Å². The van der Waals surface area contributed by atoms with Crippen LogP contribution in [0.15, 0.2) is 24.3 Å². The van der Waals surface area contributed by atoms with Gasteiger partial charge in [0.15, 0.2) is 6.04 Å². The summed E-state index contributed by atoms with van der Waals surface area (Å²) in [7, 11) is 1.29. The maximum Gasteiger partial charge on any atom is 0.416 e. The summed E-state index contributed by atoms with van der Waals surface area (Å²) >= 11 is 0. The number of amides is 1. The molecule has 1 atom stereocenters. The first kappa shape index (κ1) is 20.4. The maximum atomic E-state index is 13.0. The van der Waals surface area contributed by atoms with Crippen LogP contribution in [0.4, 0.5) is 13.2 Å². The van der Waals surface area contributed by atoms with Gasteiger partial charge in [0.1, 0.15) is 6.61 Å². The van der Waals surface area contributed by atoms with E-state index >= 15 is 0 Å². The van der Waals surface area contributed by atoms with Crippen LogP contribution >= 0.6 is 0 Å². The number of halogens is 3. The van der Waals surface area contributed by atoms with Crippen LogP contribution in [0.5, 0.6) is 0 Å². The molecule has 0 aliphatic heterocycles. The summed E-state index contributed by atoms with van der Waals surface area (Å²) in [4.78, 5) is 23.4. The van der Waals surface area contributed by atoms with Gasteiger partial charge >= 0.3 is 12.1 Å². The minimum absolute atomic E-state index is 0.129. The quantitative estimate of drug-likeness (QED) is 0.797. The molecule has 0 radical (unpaired) electrons. The van der Waals surface area contributed by atoms with Crippen molar-refractivity contribution in [2.45, 2.75) is 26.1 Å². The second kappa shape index (κ2) is 7.78. The zero-order valence-corrected chi connectivity index (χ0v) is 14.8. The predicted molar refractivity (Wildman–Crippen MR) is 88.4 cm³/mol. The highest BCUT2D eigenvalue weighted by atomic mass is 19.4. The van der Waals surface area contributed by atoms with Crippen molar-refractivity contribution in [2.75, 3.05) is 13.7 Å². The zero-order valence-electron chi connectivity index (χ0n) is 14.8. The minimum Gasteiger partial charge on any atom is -0.479 e. The number of methoxy groups -OCH3 is 1. The van der Waals surface area contributed by atoms with Gasteiger partial charge in [-0.05, 0) is 32.0 Å². The fourth-order valence-electron chi connectivity index (χ4n) is 2.73. The van der Waals surface area contributed by atoms with E-state index in [1.54, 1.807) is 0 Å². The number of nitrogens with zero attached hydrogens (tertiary/aromatic N) is 2. The number of alkyl halides is 3. The van der Waals surface area contributed by atoms with E-state index in [9.17, 15) is 27.9 Å². The fraction of sp³-hybridized carbons (Fsp3) is 0.353. The lowest BCUT2D eigenvalue weighted by Crippen LogP contribution is -2.36. The van der Waals surface area contributed by atoms with Crippen molar-refractivity contribution in [3.8, 4) is 5.69 Å². The second-order valence-electron chi connectivity index (χ2n) is 5.82. The van der Waals surface area contributed by atoms with Crippen LogP contribution in [0, 0.1) is 13.8 Å². The van der Waals surface area contributed by atoms with Gasteiger partial charge in [-0.25, -0.2) is 9.48 Å². The first-order chi connectivity index (χ1) is 12.6. The zero-order chi connectivity index (χ0) is 20.4. The SMILES string of the molecule is COCC(=O)NC(C(=O)O)c1c(C)nn(-c2cccc(C(F)(F)F)c2)c1C. The number of nitrogens with one attached hydrogen (secondary N) is 1. The molecule has 0 saturated carbocycles. The number of aryl methyl sites for hydroxylation is 1. The highest BCUT2D eigenvalue weighted by Crippen LogP contribution is 2.31. The van der Waals surface area contributed by atoms with Crippen LogP contribution in [0.1, 0.15) is 28.6 Å². The van der Waals surface area contributed by atoms with Crippen LogP contribution in [0.2, 0.25) is 0 Å². The third-order valence-electron chi connectivity index (χ3n) is 3.88. The van der Waals surface area contributed by atoms with Gasteiger partial charge in [-0.1, -0.05) is 6.07 Å². The van der Waals surface area contributed by atoms with E-state index in [1.165, 1.54) is 37.8 Å². The van der Waals surface area contributed by atoms with Gasteiger partial charge in [-0.2, -0.15) is 18.3 Å².